The number of amides is 2. The van der Waals surface area contributed by atoms with E-state index in [1.54, 1.807) is 18.2 Å². The van der Waals surface area contributed by atoms with E-state index < -0.39 is 17.8 Å². The predicted molar refractivity (Wildman–Crippen MR) is 118 cm³/mol. The second kappa shape index (κ2) is 11.9. The van der Waals surface area contributed by atoms with Gasteiger partial charge in [-0.25, -0.2) is 5.43 Å². The van der Waals surface area contributed by atoms with Gasteiger partial charge in [-0.1, -0.05) is 0 Å². The molecule has 0 aliphatic rings. The average molecular weight is 459 g/mol. The zero-order valence-corrected chi connectivity index (χ0v) is 18.9. The van der Waals surface area contributed by atoms with Crippen molar-refractivity contribution in [1.82, 2.24) is 10.7 Å². The molecule has 0 fully saturated rings. The number of carbonyl (C=O) groups is 3. The lowest BCUT2D eigenvalue weighted by molar-refractivity contribution is -0.132. The number of nitrogens with one attached hydrogen (secondary N) is 2. The minimum absolute atomic E-state index is 0.223. The van der Waals surface area contributed by atoms with Crippen LogP contribution in [-0.4, -0.2) is 59.0 Å². The highest BCUT2D eigenvalue weighted by atomic mass is 16.6. The average Bonchev–Trinajstić information content (AvgIpc) is 2.81. The number of hydrogen-bond acceptors (Lipinski definition) is 9. The second-order valence-electron chi connectivity index (χ2n) is 6.39. The van der Waals surface area contributed by atoms with Crippen LogP contribution in [0.25, 0.3) is 0 Å². The van der Waals surface area contributed by atoms with Gasteiger partial charge in [-0.3, -0.25) is 14.4 Å². The third kappa shape index (κ3) is 6.86. The van der Waals surface area contributed by atoms with Gasteiger partial charge in [0.25, 0.3) is 11.8 Å². The number of carbonyl (C=O) groups excluding carboxylic acids is 3. The number of nitrogens with zero attached hydrogens (tertiary/aromatic N) is 1. The summed E-state index contributed by atoms with van der Waals surface area (Å²) in [6, 6.07) is 7.70. The van der Waals surface area contributed by atoms with Crippen molar-refractivity contribution in [1.29, 1.82) is 0 Å². The van der Waals surface area contributed by atoms with E-state index in [0.717, 1.165) is 0 Å². The fourth-order valence-corrected chi connectivity index (χ4v) is 2.70. The fourth-order valence-electron chi connectivity index (χ4n) is 2.70. The second-order valence-corrected chi connectivity index (χ2v) is 6.39. The Labute approximate surface area is 190 Å². The molecule has 0 spiro atoms. The molecule has 11 heteroatoms. The number of methoxy groups -OCH3 is 4. The van der Waals surface area contributed by atoms with Crippen LogP contribution in [0.2, 0.25) is 0 Å². The zero-order chi connectivity index (χ0) is 24.4. The van der Waals surface area contributed by atoms with Gasteiger partial charge in [-0.2, -0.15) is 5.10 Å². The van der Waals surface area contributed by atoms with Crippen molar-refractivity contribution in [2.45, 2.75) is 6.92 Å². The Bertz CT molecular complexity index is 1030. The molecule has 0 aliphatic heterocycles. The molecule has 33 heavy (non-hydrogen) atoms. The van der Waals surface area contributed by atoms with Crippen molar-refractivity contribution in [3.05, 3.63) is 41.5 Å². The first-order chi connectivity index (χ1) is 15.8. The van der Waals surface area contributed by atoms with E-state index in [-0.39, 0.29) is 17.9 Å². The highest BCUT2D eigenvalue weighted by Crippen LogP contribution is 2.38. The van der Waals surface area contributed by atoms with Gasteiger partial charge in [0.05, 0.1) is 41.2 Å². The molecule has 0 atom stereocenters. The molecule has 0 aromatic heterocycles. The van der Waals surface area contributed by atoms with Crippen LogP contribution in [0.1, 0.15) is 22.8 Å². The molecule has 2 rings (SSSR count). The van der Waals surface area contributed by atoms with Gasteiger partial charge in [0.2, 0.25) is 5.75 Å². The molecule has 0 radical (unpaired) electrons. The van der Waals surface area contributed by atoms with Crippen molar-refractivity contribution < 1.29 is 38.1 Å². The number of benzene rings is 2. The maximum atomic E-state index is 12.4. The molecule has 0 heterocycles. The molecule has 0 bridgehead atoms. The summed E-state index contributed by atoms with van der Waals surface area (Å²) in [6.45, 7) is 0.965. The van der Waals surface area contributed by atoms with Crippen molar-refractivity contribution >= 4 is 24.0 Å². The molecule has 176 valence electrons. The van der Waals surface area contributed by atoms with E-state index in [1.165, 1.54) is 53.7 Å². The van der Waals surface area contributed by atoms with Crippen molar-refractivity contribution in [2.24, 2.45) is 5.10 Å². The Hall–Kier alpha value is -4.28. The maximum Gasteiger partial charge on any atom is 0.308 e. The lowest BCUT2D eigenvalue weighted by atomic mass is 10.1. The Balaban J connectivity index is 1.96. The Morgan fingerprint density at radius 3 is 2.06 bits per heavy atom. The third-order valence-corrected chi connectivity index (χ3v) is 4.18. The van der Waals surface area contributed by atoms with E-state index in [2.05, 4.69) is 15.8 Å². The van der Waals surface area contributed by atoms with Crippen LogP contribution in [0, 0.1) is 0 Å². The summed E-state index contributed by atoms with van der Waals surface area (Å²) in [5.41, 5.74) is 3.12. The van der Waals surface area contributed by atoms with Crippen molar-refractivity contribution in [3.8, 4) is 28.7 Å². The van der Waals surface area contributed by atoms with E-state index >= 15 is 0 Å². The number of ether oxygens (including phenoxy) is 5. The summed E-state index contributed by atoms with van der Waals surface area (Å²) < 4.78 is 25.8. The summed E-state index contributed by atoms with van der Waals surface area (Å²) in [5.74, 6) is 0.0302. The minimum atomic E-state index is -0.546. The molecule has 2 N–H and O–H groups in total. The topological polar surface area (TPSA) is 134 Å². The van der Waals surface area contributed by atoms with E-state index in [0.29, 0.717) is 28.6 Å². The normalized spacial score (nSPS) is 10.3. The summed E-state index contributed by atoms with van der Waals surface area (Å²) >= 11 is 0. The predicted octanol–water partition coefficient (Wildman–Crippen LogP) is 1.53. The van der Waals surface area contributed by atoms with Crippen LogP contribution in [0.4, 0.5) is 0 Å². The van der Waals surface area contributed by atoms with Crippen LogP contribution in [0.5, 0.6) is 28.7 Å². The quantitative estimate of drug-likeness (QED) is 0.236. The van der Waals surface area contributed by atoms with Gasteiger partial charge >= 0.3 is 5.97 Å². The van der Waals surface area contributed by atoms with Crippen molar-refractivity contribution in [2.75, 3.05) is 35.0 Å². The molecular formula is C22H25N3O8. The van der Waals surface area contributed by atoms with E-state index in [1.807, 2.05) is 0 Å². The molecule has 0 saturated heterocycles. The van der Waals surface area contributed by atoms with Crippen LogP contribution >= 0.6 is 0 Å². The van der Waals surface area contributed by atoms with Crippen LogP contribution in [-0.2, 0) is 9.59 Å². The molecule has 0 aliphatic carbocycles. The number of hydrogen-bond donors (Lipinski definition) is 2. The van der Waals surface area contributed by atoms with Crippen LogP contribution in [0.15, 0.2) is 35.4 Å². The first-order valence-corrected chi connectivity index (χ1v) is 9.59. The summed E-state index contributed by atoms with van der Waals surface area (Å²) in [4.78, 5) is 35.6. The number of rotatable bonds is 10. The van der Waals surface area contributed by atoms with Crippen molar-refractivity contribution in [3.63, 3.8) is 0 Å². The summed E-state index contributed by atoms with van der Waals surface area (Å²) in [6.07, 6.45) is 1.37. The smallest absolute Gasteiger partial charge is 0.308 e. The molecule has 2 aromatic carbocycles. The maximum absolute atomic E-state index is 12.4. The van der Waals surface area contributed by atoms with Gasteiger partial charge in [0.15, 0.2) is 23.0 Å². The van der Waals surface area contributed by atoms with Gasteiger partial charge < -0.3 is 29.0 Å². The number of esters is 1. The fraction of sp³-hybridized carbons (Fsp3) is 0.273. The summed E-state index contributed by atoms with van der Waals surface area (Å²) in [7, 11) is 5.75. The molecule has 2 aromatic rings. The van der Waals surface area contributed by atoms with Gasteiger partial charge in [0.1, 0.15) is 0 Å². The molecule has 0 unspecified atom stereocenters. The van der Waals surface area contributed by atoms with Gasteiger partial charge in [-0.15, -0.1) is 0 Å². The highest BCUT2D eigenvalue weighted by molar-refractivity contribution is 5.97. The molecule has 2 amide bonds. The lowest BCUT2D eigenvalue weighted by Crippen LogP contribution is -2.34. The summed E-state index contributed by atoms with van der Waals surface area (Å²) in [5, 5.41) is 6.33. The Morgan fingerprint density at radius 1 is 0.879 bits per heavy atom. The lowest BCUT2D eigenvalue weighted by Gasteiger charge is -2.14. The highest BCUT2D eigenvalue weighted by Gasteiger charge is 2.17. The zero-order valence-electron chi connectivity index (χ0n) is 18.9. The largest absolute Gasteiger partial charge is 0.493 e. The SMILES string of the molecule is COc1cc(/C=N\NC(=O)CNC(=O)c2cc(OC)c(OC)c(OC)c2)ccc1OC(C)=O. The van der Waals surface area contributed by atoms with Gasteiger partial charge in [-0.05, 0) is 35.9 Å². The molecular weight excluding hydrogens is 434 g/mol. The Kier molecular flexibility index (Phi) is 9.04. The first kappa shape index (κ1) is 25.0. The minimum Gasteiger partial charge on any atom is -0.493 e. The monoisotopic (exact) mass is 459 g/mol. The molecule has 11 nitrogen and oxygen atoms in total. The number of hydrazone groups is 1. The van der Waals surface area contributed by atoms with E-state index in [9.17, 15) is 14.4 Å². The van der Waals surface area contributed by atoms with Crippen LogP contribution < -0.4 is 34.4 Å². The molecule has 0 saturated carbocycles. The Morgan fingerprint density at radius 2 is 1.52 bits per heavy atom. The first-order valence-electron chi connectivity index (χ1n) is 9.59. The standard InChI is InChI=1S/C22H25N3O8/c1-13(26)33-16-7-6-14(8-17(16)29-2)11-24-25-20(27)12-23-22(28)15-9-18(30-3)21(32-5)19(10-15)31-4/h6-11H,12H2,1-5H3,(H,23,28)(H,25,27)/b24-11-. The third-order valence-electron chi connectivity index (χ3n) is 4.18. The van der Waals surface area contributed by atoms with Gasteiger partial charge in [0, 0.05) is 12.5 Å². The van der Waals surface area contributed by atoms with E-state index in [4.69, 9.17) is 23.7 Å². The van der Waals surface area contributed by atoms with Crippen LogP contribution in [0.3, 0.4) is 0 Å².